The maximum atomic E-state index is 12.0. The van der Waals surface area contributed by atoms with Crippen molar-refractivity contribution < 1.29 is 4.79 Å². The molecule has 0 aromatic carbocycles. The number of Topliss-reactive ketones (excluding diaryl/α,β-unsaturated/α-hetero) is 1. The average Bonchev–Trinajstić information content (AvgIpc) is 2.85. The summed E-state index contributed by atoms with van der Waals surface area (Å²) in [6, 6.07) is 3.15. The van der Waals surface area contributed by atoms with Crippen LogP contribution < -0.4 is 0 Å². The number of thiophene rings is 1. The summed E-state index contributed by atoms with van der Waals surface area (Å²) in [5.41, 5.74) is 0. The molecular weight excluding hydrogens is 312 g/mol. The summed E-state index contributed by atoms with van der Waals surface area (Å²) in [5.74, 6) is 0.0208. The number of carbonyl (C=O) groups excluding carboxylic acids is 1. The minimum absolute atomic E-state index is 0.0208. The van der Waals surface area contributed by atoms with E-state index in [1.54, 1.807) is 29.2 Å². The smallest absolute Gasteiger partial charge is 0.197 e. The number of nitrogens with zero attached hydrogens (tertiary/aromatic N) is 2. The fourth-order valence-electron chi connectivity index (χ4n) is 1.30. The van der Waals surface area contributed by atoms with E-state index in [1.807, 2.05) is 6.92 Å². The number of rotatable bonds is 3. The van der Waals surface area contributed by atoms with Gasteiger partial charge in [0.25, 0.3) is 0 Å². The van der Waals surface area contributed by atoms with Gasteiger partial charge in [-0.2, -0.15) is 5.10 Å². The predicted octanol–water partition coefficient (Wildman–Crippen LogP) is 3.80. The van der Waals surface area contributed by atoms with E-state index in [1.165, 1.54) is 11.3 Å². The van der Waals surface area contributed by atoms with E-state index >= 15 is 0 Å². The minimum atomic E-state index is -0.319. The third-order valence-electron chi connectivity index (χ3n) is 2.16. The van der Waals surface area contributed by atoms with Gasteiger partial charge >= 0.3 is 0 Å². The van der Waals surface area contributed by atoms with Crippen LogP contribution in [0.15, 0.2) is 29.0 Å². The molecule has 0 saturated heterocycles. The highest BCUT2D eigenvalue weighted by Crippen LogP contribution is 2.25. The van der Waals surface area contributed by atoms with Gasteiger partial charge in [0.15, 0.2) is 5.78 Å². The standard InChI is InChI=1S/C10H8BrClN2OS/c1-6(14-5-7(11)4-13-14)10(15)8-2-3-9(12)16-8/h2-6H,1H3. The van der Waals surface area contributed by atoms with Crippen LogP contribution in [-0.4, -0.2) is 15.6 Å². The summed E-state index contributed by atoms with van der Waals surface area (Å²) in [7, 11) is 0. The molecule has 0 fully saturated rings. The number of halogens is 2. The minimum Gasteiger partial charge on any atom is -0.291 e. The number of carbonyl (C=O) groups is 1. The lowest BCUT2D eigenvalue weighted by molar-refractivity contribution is 0.0932. The molecule has 0 saturated carbocycles. The zero-order valence-electron chi connectivity index (χ0n) is 8.35. The Kier molecular flexibility index (Phi) is 3.47. The molecule has 16 heavy (non-hydrogen) atoms. The van der Waals surface area contributed by atoms with Crippen LogP contribution in [0.3, 0.4) is 0 Å². The molecule has 0 bridgehead atoms. The van der Waals surface area contributed by atoms with E-state index in [2.05, 4.69) is 21.0 Å². The van der Waals surface area contributed by atoms with E-state index in [0.29, 0.717) is 9.21 Å². The molecule has 0 aliphatic carbocycles. The van der Waals surface area contributed by atoms with Crippen LogP contribution in [0.5, 0.6) is 0 Å². The summed E-state index contributed by atoms with van der Waals surface area (Å²) in [5, 5.41) is 4.09. The number of aromatic nitrogens is 2. The molecule has 84 valence electrons. The van der Waals surface area contributed by atoms with Crippen molar-refractivity contribution in [1.82, 2.24) is 9.78 Å². The van der Waals surface area contributed by atoms with Gasteiger partial charge in [-0.25, -0.2) is 0 Å². The summed E-state index contributed by atoms with van der Waals surface area (Å²) >= 11 is 10.4. The van der Waals surface area contributed by atoms with E-state index in [-0.39, 0.29) is 11.8 Å². The first-order valence-corrected chi connectivity index (χ1v) is 6.56. The first kappa shape index (κ1) is 11.8. The van der Waals surface area contributed by atoms with Crippen LogP contribution in [0, 0.1) is 0 Å². The van der Waals surface area contributed by atoms with Gasteiger partial charge in [0, 0.05) is 6.20 Å². The van der Waals surface area contributed by atoms with E-state index in [9.17, 15) is 4.79 Å². The Morgan fingerprint density at radius 1 is 1.62 bits per heavy atom. The van der Waals surface area contributed by atoms with Gasteiger partial charge in [-0.15, -0.1) is 11.3 Å². The number of hydrogen-bond acceptors (Lipinski definition) is 3. The van der Waals surface area contributed by atoms with Crippen LogP contribution in [0.1, 0.15) is 22.6 Å². The van der Waals surface area contributed by atoms with Crippen molar-refractivity contribution in [2.45, 2.75) is 13.0 Å². The van der Waals surface area contributed by atoms with Crippen molar-refractivity contribution in [3.8, 4) is 0 Å². The highest BCUT2D eigenvalue weighted by atomic mass is 79.9. The second-order valence-electron chi connectivity index (χ2n) is 3.28. The number of ketones is 1. The Bertz CT molecular complexity index is 522. The van der Waals surface area contributed by atoms with Crippen LogP contribution in [0.2, 0.25) is 4.34 Å². The maximum absolute atomic E-state index is 12.0. The van der Waals surface area contributed by atoms with E-state index in [4.69, 9.17) is 11.6 Å². The Morgan fingerprint density at radius 3 is 2.88 bits per heavy atom. The molecule has 6 heteroatoms. The van der Waals surface area contributed by atoms with Gasteiger partial charge in [0.1, 0.15) is 6.04 Å². The van der Waals surface area contributed by atoms with Crippen molar-refractivity contribution in [1.29, 1.82) is 0 Å². The summed E-state index contributed by atoms with van der Waals surface area (Å²) in [4.78, 5) is 12.7. The van der Waals surface area contributed by atoms with Crippen molar-refractivity contribution >= 4 is 44.7 Å². The second-order valence-corrected chi connectivity index (χ2v) is 5.91. The highest BCUT2D eigenvalue weighted by Gasteiger charge is 2.19. The summed E-state index contributed by atoms with van der Waals surface area (Å²) < 4.78 is 3.11. The van der Waals surface area contributed by atoms with E-state index in [0.717, 1.165) is 4.47 Å². The van der Waals surface area contributed by atoms with Gasteiger partial charge in [-0.05, 0) is 35.0 Å². The monoisotopic (exact) mass is 318 g/mol. The fourth-order valence-corrected chi connectivity index (χ4v) is 2.67. The molecule has 0 amide bonds. The summed E-state index contributed by atoms with van der Waals surface area (Å²) in [6.45, 7) is 1.81. The zero-order valence-corrected chi connectivity index (χ0v) is 11.5. The quantitative estimate of drug-likeness (QED) is 0.806. The first-order valence-electron chi connectivity index (χ1n) is 4.57. The molecule has 2 rings (SSSR count). The van der Waals surface area contributed by atoms with Gasteiger partial charge in [-0.1, -0.05) is 11.6 Å². The molecule has 0 spiro atoms. The van der Waals surface area contributed by atoms with Crippen molar-refractivity contribution in [2.75, 3.05) is 0 Å². The Morgan fingerprint density at radius 2 is 2.38 bits per heavy atom. The molecule has 1 atom stereocenters. The summed E-state index contributed by atoms with van der Waals surface area (Å²) in [6.07, 6.45) is 3.43. The van der Waals surface area contributed by atoms with Crippen LogP contribution in [0.25, 0.3) is 0 Å². The third kappa shape index (κ3) is 2.36. The SMILES string of the molecule is CC(C(=O)c1ccc(Cl)s1)n1cc(Br)cn1. The van der Waals surface area contributed by atoms with Crippen molar-refractivity contribution in [2.24, 2.45) is 0 Å². The fraction of sp³-hybridized carbons (Fsp3) is 0.200. The molecule has 2 aromatic heterocycles. The van der Waals surface area contributed by atoms with Crippen LogP contribution in [0.4, 0.5) is 0 Å². The Labute approximate surface area is 110 Å². The van der Waals surface area contributed by atoms with Crippen molar-refractivity contribution in [3.63, 3.8) is 0 Å². The lowest BCUT2D eigenvalue weighted by atomic mass is 10.2. The lowest BCUT2D eigenvalue weighted by Crippen LogP contribution is -2.16. The molecule has 2 heterocycles. The number of hydrogen-bond donors (Lipinski definition) is 0. The average molecular weight is 320 g/mol. The lowest BCUT2D eigenvalue weighted by Gasteiger charge is -2.08. The Balaban J connectivity index is 2.22. The first-order chi connectivity index (χ1) is 7.58. The largest absolute Gasteiger partial charge is 0.291 e. The topological polar surface area (TPSA) is 34.9 Å². The van der Waals surface area contributed by atoms with Crippen molar-refractivity contribution in [3.05, 3.63) is 38.2 Å². The second kappa shape index (κ2) is 4.69. The molecule has 0 aliphatic heterocycles. The van der Waals surface area contributed by atoms with Gasteiger partial charge in [-0.3, -0.25) is 9.48 Å². The molecule has 0 aliphatic rings. The molecule has 1 unspecified atom stereocenters. The van der Waals surface area contributed by atoms with Gasteiger partial charge in [0.05, 0.1) is 19.9 Å². The predicted molar refractivity (Wildman–Crippen MR) is 68.3 cm³/mol. The van der Waals surface area contributed by atoms with Crippen LogP contribution >= 0.6 is 38.9 Å². The molecule has 0 N–H and O–H groups in total. The van der Waals surface area contributed by atoms with Gasteiger partial charge in [0.2, 0.25) is 0 Å². The van der Waals surface area contributed by atoms with Gasteiger partial charge < -0.3 is 0 Å². The zero-order chi connectivity index (χ0) is 11.7. The Hall–Kier alpha value is -0.650. The normalized spacial score (nSPS) is 12.7. The molecular formula is C10H8BrClN2OS. The molecule has 3 nitrogen and oxygen atoms in total. The molecule has 2 aromatic rings. The third-order valence-corrected chi connectivity index (χ3v) is 3.82. The van der Waals surface area contributed by atoms with Crippen LogP contribution in [-0.2, 0) is 0 Å². The highest BCUT2D eigenvalue weighted by molar-refractivity contribution is 9.10. The molecule has 0 radical (unpaired) electrons. The maximum Gasteiger partial charge on any atom is 0.197 e. The van der Waals surface area contributed by atoms with E-state index < -0.39 is 0 Å².